The summed E-state index contributed by atoms with van der Waals surface area (Å²) < 4.78 is 5.59. The molecule has 0 saturated heterocycles. The third-order valence-corrected chi connectivity index (χ3v) is 4.01. The zero-order valence-electron chi connectivity index (χ0n) is 12.4. The summed E-state index contributed by atoms with van der Waals surface area (Å²) in [6.45, 7) is 8.72. The number of nitrogens with zero attached hydrogens (tertiary/aromatic N) is 1. The average Bonchev–Trinajstić information content (AvgIpc) is 2.27. The fraction of sp³-hybridized carbons (Fsp3) is 1.00. The quantitative estimate of drug-likeness (QED) is 0.609. The van der Waals surface area contributed by atoms with Crippen LogP contribution >= 0.6 is 11.8 Å². The maximum Gasteiger partial charge on any atom is 0.0783 e. The number of ether oxygens (including phenoxy) is 1. The Hall–Kier alpha value is 0.230. The minimum atomic E-state index is -0.0969. The summed E-state index contributed by atoms with van der Waals surface area (Å²) in [7, 11) is 6.03. The Labute approximate surface area is 112 Å². The van der Waals surface area contributed by atoms with Gasteiger partial charge >= 0.3 is 0 Å². The lowest BCUT2D eigenvalue weighted by molar-refractivity contribution is -0.00345. The minimum absolute atomic E-state index is 0.0969. The molecule has 1 unspecified atom stereocenters. The van der Waals surface area contributed by atoms with Crippen LogP contribution in [0, 0.1) is 0 Å². The van der Waals surface area contributed by atoms with Crippen molar-refractivity contribution in [1.82, 2.24) is 10.2 Å². The largest absolute Gasteiger partial charge is 0.377 e. The van der Waals surface area contributed by atoms with E-state index in [0.717, 1.165) is 18.8 Å². The first-order chi connectivity index (χ1) is 7.94. The molecule has 104 valence electrons. The highest BCUT2D eigenvalue weighted by atomic mass is 32.2. The first-order valence-electron chi connectivity index (χ1n) is 6.45. The van der Waals surface area contributed by atoms with Gasteiger partial charge in [0.1, 0.15) is 0 Å². The van der Waals surface area contributed by atoms with E-state index < -0.39 is 0 Å². The van der Waals surface area contributed by atoms with Gasteiger partial charge in [0, 0.05) is 31.2 Å². The molecule has 0 saturated carbocycles. The molecule has 0 aromatic rings. The van der Waals surface area contributed by atoms with Crippen molar-refractivity contribution in [3.05, 3.63) is 0 Å². The fourth-order valence-corrected chi connectivity index (χ4v) is 2.83. The number of nitrogens with one attached hydrogen (secondary N) is 1. The molecule has 0 amide bonds. The molecule has 0 spiro atoms. The van der Waals surface area contributed by atoms with Gasteiger partial charge in [-0.1, -0.05) is 6.92 Å². The van der Waals surface area contributed by atoms with E-state index in [1.54, 1.807) is 7.11 Å². The molecule has 0 aromatic carbocycles. The van der Waals surface area contributed by atoms with Gasteiger partial charge in [0.2, 0.25) is 0 Å². The monoisotopic (exact) mass is 262 g/mol. The number of hydrogen-bond acceptors (Lipinski definition) is 4. The molecule has 4 heteroatoms. The first kappa shape index (κ1) is 17.2. The Morgan fingerprint density at radius 3 is 2.47 bits per heavy atom. The number of thioether (sulfide) groups is 1. The standard InChI is InChI=1S/C13H30N2OS/c1-7-8-14-12(13(2,3)16-6)11-17-10-9-15(4)5/h12,14H,7-11H2,1-6H3. The molecule has 0 fully saturated rings. The van der Waals surface area contributed by atoms with Crippen LogP contribution in [0.4, 0.5) is 0 Å². The zero-order valence-corrected chi connectivity index (χ0v) is 13.2. The third kappa shape index (κ3) is 8.03. The summed E-state index contributed by atoms with van der Waals surface area (Å²) >= 11 is 2.00. The highest BCUT2D eigenvalue weighted by Gasteiger charge is 2.28. The van der Waals surface area contributed by atoms with Crippen molar-refractivity contribution in [2.75, 3.05) is 45.8 Å². The molecule has 1 atom stereocenters. The maximum atomic E-state index is 5.59. The van der Waals surface area contributed by atoms with Gasteiger partial charge < -0.3 is 15.0 Å². The molecule has 0 heterocycles. The molecule has 0 radical (unpaired) electrons. The molecular weight excluding hydrogens is 232 g/mol. The van der Waals surface area contributed by atoms with Crippen molar-refractivity contribution in [3.8, 4) is 0 Å². The number of rotatable bonds is 10. The molecule has 0 aliphatic rings. The Balaban J connectivity index is 4.02. The van der Waals surface area contributed by atoms with Crippen LogP contribution in [0.15, 0.2) is 0 Å². The van der Waals surface area contributed by atoms with Gasteiger partial charge in [-0.3, -0.25) is 0 Å². The smallest absolute Gasteiger partial charge is 0.0783 e. The predicted octanol–water partition coefficient (Wildman–Crippen LogP) is 2.07. The maximum absolute atomic E-state index is 5.59. The van der Waals surface area contributed by atoms with Crippen molar-refractivity contribution in [2.24, 2.45) is 0 Å². The summed E-state index contributed by atoms with van der Waals surface area (Å²) in [5, 5.41) is 3.59. The highest BCUT2D eigenvalue weighted by molar-refractivity contribution is 7.99. The summed E-state index contributed by atoms with van der Waals surface area (Å²) in [5.74, 6) is 2.28. The molecule has 17 heavy (non-hydrogen) atoms. The highest BCUT2D eigenvalue weighted by Crippen LogP contribution is 2.18. The van der Waals surface area contributed by atoms with E-state index in [1.807, 2.05) is 11.8 Å². The second-order valence-corrected chi connectivity index (χ2v) is 6.34. The number of methoxy groups -OCH3 is 1. The SMILES string of the molecule is CCCNC(CSCCN(C)C)C(C)(C)OC. The summed E-state index contributed by atoms with van der Waals surface area (Å²) in [6, 6.07) is 0.416. The Morgan fingerprint density at radius 1 is 1.35 bits per heavy atom. The Bertz CT molecular complexity index is 186. The van der Waals surface area contributed by atoms with E-state index in [9.17, 15) is 0 Å². The van der Waals surface area contributed by atoms with E-state index in [-0.39, 0.29) is 5.60 Å². The lowest BCUT2D eigenvalue weighted by Gasteiger charge is -2.34. The first-order valence-corrected chi connectivity index (χ1v) is 7.60. The molecule has 0 rings (SSSR count). The van der Waals surface area contributed by atoms with Crippen molar-refractivity contribution in [2.45, 2.75) is 38.8 Å². The molecule has 0 aromatic heterocycles. The predicted molar refractivity (Wildman–Crippen MR) is 79.0 cm³/mol. The zero-order chi connectivity index (χ0) is 13.3. The Kier molecular flexibility index (Phi) is 9.32. The second kappa shape index (κ2) is 9.20. The van der Waals surface area contributed by atoms with Gasteiger partial charge in [0.15, 0.2) is 0 Å². The van der Waals surface area contributed by atoms with Crippen molar-refractivity contribution in [3.63, 3.8) is 0 Å². The van der Waals surface area contributed by atoms with Crippen LogP contribution in [0.2, 0.25) is 0 Å². The Morgan fingerprint density at radius 2 is 2.00 bits per heavy atom. The summed E-state index contributed by atoms with van der Waals surface area (Å²) in [6.07, 6.45) is 1.17. The van der Waals surface area contributed by atoms with Crippen molar-refractivity contribution in [1.29, 1.82) is 0 Å². The molecule has 3 nitrogen and oxygen atoms in total. The second-order valence-electron chi connectivity index (χ2n) is 5.19. The summed E-state index contributed by atoms with van der Waals surface area (Å²) in [4.78, 5) is 2.23. The van der Waals surface area contributed by atoms with Crippen LogP contribution in [0.1, 0.15) is 27.2 Å². The van der Waals surface area contributed by atoms with E-state index in [0.29, 0.717) is 6.04 Å². The molecule has 0 bridgehead atoms. The van der Waals surface area contributed by atoms with Gasteiger partial charge in [0.05, 0.1) is 5.60 Å². The van der Waals surface area contributed by atoms with Crippen LogP contribution in [0.25, 0.3) is 0 Å². The number of hydrogen-bond donors (Lipinski definition) is 1. The van der Waals surface area contributed by atoms with Gasteiger partial charge in [-0.25, -0.2) is 0 Å². The van der Waals surface area contributed by atoms with Gasteiger partial charge in [0.25, 0.3) is 0 Å². The van der Waals surface area contributed by atoms with Gasteiger partial charge in [-0.05, 0) is 40.9 Å². The molecule has 0 aliphatic carbocycles. The third-order valence-electron chi connectivity index (χ3n) is 2.97. The van der Waals surface area contributed by atoms with Crippen LogP contribution in [-0.4, -0.2) is 62.3 Å². The van der Waals surface area contributed by atoms with Gasteiger partial charge in [-0.15, -0.1) is 0 Å². The van der Waals surface area contributed by atoms with Crippen LogP contribution in [0.5, 0.6) is 0 Å². The summed E-state index contributed by atoms with van der Waals surface area (Å²) in [5.41, 5.74) is -0.0969. The van der Waals surface area contributed by atoms with Crippen LogP contribution in [-0.2, 0) is 4.74 Å². The topological polar surface area (TPSA) is 24.5 Å². The van der Waals surface area contributed by atoms with Crippen LogP contribution in [0.3, 0.4) is 0 Å². The fourth-order valence-electron chi connectivity index (χ4n) is 1.41. The molecular formula is C13H30N2OS. The van der Waals surface area contributed by atoms with E-state index >= 15 is 0 Å². The molecule has 0 aliphatic heterocycles. The van der Waals surface area contributed by atoms with Crippen molar-refractivity contribution < 1.29 is 4.74 Å². The normalized spacial score (nSPS) is 14.3. The van der Waals surface area contributed by atoms with E-state index in [4.69, 9.17) is 4.74 Å². The van der Waals surface area contributed by atoms with E-state index in [1.165, 1.54) is 12.2 Å². The lowest BCUT2D eigenvalue weighted by atomic mass is 10.0. The molecule has 1 N–H and O–H groups in total. The average molecular weight is 262 g/mol. The van der Waals surface area contributed by atoms with Crippen LogP contribution < -0.4 is 5.32 Å². The van der Waals surface area contributed by atoms with E-state index in [2.05, 4.69) is 45.1 Å². The van der Waals surface area contributed by atoms with Gasteiger partial charge in [-0.2, -0.15) is 11.8 Å². The lowest BCUT2D eigenvalue weighted by Crippen LogP contribution is -2.50. The van der Waals surface area contributed by atoms with Crippen molar-refractivity contribution >= 4 is 11.8 Å². The minimum Gasteiger partial charge on any atom is -0.377 e.